The van der Waals surface area contributed by atoms with Crippen LogP contribution in [-0.4, -0.2) is 5.11 Å². The second kappa shape index (κ2) is 6.22. The summed E-state index contributed by atoms with van der Waals surface area (Å²) in [6.07, 6.45) is 3.84. The number of phenolic OH excluding ortho intramolecular Hbond substituents is 1. The summed E-state index contributed by atoms with van der Waals surface area (Å²) in [6, 6.07) is 15.6. The SMILES string of the molecule is Nc1c[c-]c(/C=C/c2cccc(O)c2)cc1.[Rh]. The van der Waals surface area contributed by atoms with Gasteiger partial charge in [-0.05, 0) is 17.7 Å². The quantitative estimate of drug-likeness (QED) is 0.387. The summed E-state index contributed by atoms with van der Waals surface area (Å²) in [5.41, 5.74) is 8.17. The first-order valence-corrected chi connectivity index (χ1v) is 4.98. The zero-order valence-electron chi connectivity index (χ0n) is 9.05. The van der Waals surface area contributed by atoms with Crippen molar-refractivity contribution in [2.75, 3.05) is 5.73 Å². The molecule has 17 heavy (non-hydrogen) atoms. The number of aromatic hydroxyl groups is 1. The van der Waals surface area contributed by atoms with Gasteiger partial charge in [0.1, 0.15) is 5.75 Å². The fourth-order valence-electron chi connectivity index (χ4n) is 1.37. The Balaban J connectivity index is 0.00000144. The van der Waals surface area contributed by atoms with Crippen molar-refractivity contribution in [2.45, 2.75) is 0 Å². The van der Waals surface area contributed by atoms with Crippen molar-refractivity contribution < 1.29 is 24.6 Å². The summed E-state index contributed by atoms with van der Waals surface area (Å²) in [4.78, 5) is 0. The molecule has 1 radical (unpaired) electrons. The molecule has 0 aromatic heterocycles. The maximum atomic E-state index is 9.29. The maximum Gasteiger partial charge on any atom is 0.116 e. The van der Waals surface area contributed by atoms with E-state index >= 15 is 0 Å². The Labute approximate surface area is 114 Å². The number of phenols is 1. The summed E-state index contributed by atoms with van der Waals surface area (Å²) in [5.74, 6) is 0.267. The van der Waals surface area contributed by atoms with Gasteiger partial charge in [-0.1, -0.05) is 23.9 Å². The van der Waals surface area contributed by atoms with E-state index in [1.165, 1.54) is 0 Å². The summed E-state index contributed by atoms with van der Waals surface area (Å²) >= 11 is 0. The van der Waals surface area contributed by atoms with E-state index in [0.717, 1.165) is 11.1 Å². The molecule has 3 heteroatoms. The fourth-order valence-corrected chi connectivity index (χ4v) is 1.37. The van der Waals surface area contributed by atoms with Gasteiger partial charge in [-0.3, -0.25) is 0 Å². The summed E-state index contributed by atoms with van der Waals surface area (Å²) in [6.45, 7) is 0. The molecule has 0 atom stereocenters. The maximum absolute atomic E-state index is 9.29. The molecule has 2 aromatic carbocycles. The largest absolute Gasteiger partial charge is 0.508 e. The smallest absolute Gasteiger partial charge is 0.116 e. The molecule has 0 unspecified atom stereocenters. The average molecular weight is 313 g/mol. The molecule has 0 aliphatic heterocycles. The molecule has 2 aromatic rings. The van der Waals surface area contributed by atoms with Gasteiger partial charge < -0.3 is 10.8 Å². The van der Waals surface area contributed by atoms with E-state index in [0.29, 0.717) is 5.69 Å². The minimum atomic E-state index is 0. The van der Waals surface area contributed by atoms with Crippen molar-refractivity contribution in [1.82, 2.24) is 0 Å². The summed E-state index contributed by atoms with van der Waals surface area (Å²) < 4.78 is 0. The van der Waals surface area contributed by atoms with Gasteiger partial charge in [0, 0.05) is 19.5 Å². The average Bonchev–Trinajstić information content (AvgIpc) is 2.28. The van der Waals surface area contributed by atoms with Crippen LogP contribution in [0.2, 0.25) is 0 Å². The number of hydrogen-bond donors (Lipinski definition) is 2. The van der Waals surface area contributed by atoms with Gasteiger partial charge >= 0.3 is 0 Å². The van der Waals surface area contributed by atoms with Crippen LogP contribution in [0.4, 0.5) is 5.69 Å². The molecule has 0 heterocycles. The molecule has 0 saturated heterocycles. The Morgan fingerprint density at radius 2 is 1.94 bits per heavy atom. The van der Waals surface area contributed by atoms with E-state index in [1.54, 1.807) is 18.2 Å². The topological polar surface area (TPSA) is 46.2 Å². The standard InChI is InChI=1S/C14H12NO.Rh/c15-13-8-6-11(7-9-13)4-5-12-2-1-3-14(16)10-12;/h1-6,8-10,16H,15H2;/q-1;/b5-4+;. The third kappa shape index (κ3) is 4.05. The van der Waals surface area contributed by atoms with Crippen LogP contribution >= 0.6 is 0 Å². The van der Waals surface area contributed by atoms with Gasteiger partial charge in [-0.2, -0.15) is 5.56 Å². The third-order valence-corrected chi connectivity index (χ3v) is 2.19. The van der Waals surface area contributed by atoms with Crippen LogP contribution in [0.15, 0.2) is 42.5 Å². The van der Waals surface area contributed by atoms with Gasteiger partial charge in [-0.15, -0.1) is 30.3 Å². The molecule has 0 saturated carbocycles. The molecule has 0 aliphatic rings. The predicted molar refractivity (Wildman–Crippen MR) is 66.7 cm³/mol. The second-order valence-corrected chi connectivity index (χ2v) is 3.51. The monoisotopic (exact) mass is 313 g/mol. The summed E-state index contributed by atoms with van der Waals surface area (Å²) in [7, 11) is 0. The van der Waals surface area contributed by atoms with E-state index in [2.05, 4.69) is 6.07 Å². The fraction of sp³-hybridized carbons (Fsp3) is 0. The number of anilines is 1. The number of hydrogen-bond acceptors (Lipinski definition) is 2. The van der Waals surface area contributed by atoms with Crippen molar-refractivity contribution in [3.63, 3.8) is 0 Å². The first-order valence-electron chi connectivity index (χ1n) is 4.98. The first kappa shape index (κ1) is 13.5. The molecule has 0 spiro atoms. The molecule has 2 rings (SSSR count). The van der Waals surface area contributed by atoms with Gasteiger partial charge in [0.2, 0.25) is 0 Å². The van der Waals surface area contributed by atoms with Crippen LogP contribution in [0, 0.1) is 6.07 Å². The van der Waals surface area contributed by atoms with Crippen molar-refractivity contribution >= 4 is 17.8 Å². The van der Waals surface area contributed by atoms with E-state index < -0.39 is 0 Å². The van der Waals surface area contributed by atoms with Crippen LogP contribution in [0.1, 0.15) is 11.1 Å². The molecule has 0 fully saturated rings. The van der Waals surface area contributed by atoms with E-state index in [4.69, 9.17) is 5.73 Å². The molecule has 3 N–H and O–H groups in total. The summed E-state index contributed by atoms with van der Waals surface area (Å²) in [5, 5.41) is 9.29. The Bertz CT molecular complexity index is 506. The van der Waals surface area contributed by atoms with Gasteiger partial charge in [0.25, 0.3) is 0 Å². The molecule has 89 valence electrons. The van der Waals surface area contributed by atoms with Crippen molar-refractivity contribution in [3.05, 3.63) is 59.7 Å². The van der Waals surface area contributed by atoms with Crippen LogP contribution in [-0.2, 0) is 19.5 Å². The number of nitrogens with two attached hydrogens (primary N) is 1. The molecule has 0 bridgehead atoms. The van der Waals surface area contributed by atoms with Crippen LogP contribution in [0.25, 0.3) is 12.2 Å². The predicted octanol–water partition coefficient (Wildman–Crippen LogP) is 2.94. The minimum absolute atomic E-state index is 0. The Morgan fingerprint density at radius 3 is 2.59 bits per heavy atom. The van der Waals surface area contributed by atoms with Crippen LogP contribution in [0.3, 0.4) is 0 Å². The molecular weight excluding hydrogens is 301 g/mol. The van der Waals surface area contributed by atoms with Crippen molar-refractivity contribution in [2.24, 2.45) is 0 Å². The zero-order chi connectivity index (χ0) is 11.4. The Hall–Kier alpha value is -1.60. The van der Waals surface area contributed by atoms with Gasteiger partial charge in [0.15, 0.2) is 0 Å². The normalized spacial score (nSPS) is 10.1. The molecule has 0 aliphatic carbocycles. The first-order chi connectivity index (χ1) is 7.74. The minimum Gasteiger partial charge on any atom is -0.508 e. The van der Waals surface area contributed by atoms with Crippen molar-refractivity contribution in [1.29, 1.82) is 0 Å². The zero-order valence-corrected chi connectivity index (χ0v) is 10.7. The number of benzene rings is 2. The van der Waals surface area contributed by atoms with Crippen LogP contribution < -0.4 is 5.73 Å². The van der Waals surface area contributed by atoms with Gasteiger partial charge in [0.05, 0.1) is 0 Å². The number of nitrogen functional groups attached to an aromatic ring is 1. The van der Waals surface area contributed by atoms with E-state index in [1.807, 2.05) is 36.4 Å². The second-order valence-electron chi connectivity index (χ2n) is 3.51. The van der Waals surface area contributed by atoms with E-state index in [9.17, 15) is 5.11 Å². The Kier molecular flexibility index (Phi) is 4.92. The van der Waals surface area contributed by atoms with E-state index in [-0.39, 0.29) is 25.2 Å². The van der Waals surface area contributed by atoms with Crippen molar-refractivity contribution in [3.8, 4) is 5.75 Å². The van der Waals surface area contributed by atoms with Gasteiger partial charge in [-0.25, -0.2) is 0 Å². The third-order valence-electron chi connectivity index (χ3n) is 2.19. The molecular formula is C14H12NORh-. The Morgan fingerprint density at radius 1 is 1.12 bits per heavy atom. The molecule has 2 nitrogen and oxygen atoms in total. The van der Waals surface area contributed by atoms with Crippen LogP contribution in [0.5, 0.6) is 5.75 Å². The molecule has 0 amide bonds. The number of rotatable bonds is 2.